The average Bonchev–Trinajstić information content (AvgIpc) is 2.94. The second kappa shape index (κ2) is 15.3. The fourth-order valence-corrected chi connectivity index (χ4v) is 4.45. The lowest BCUT2D eigenvalue weighted by Gasteiger charge is -2.33. The number of phenolic OH excluding ortho intramolecular Hbond substituents is 1. The highest BCUT2D eigenvalue weighted by Crippen LogP contribution is 2.28. The van der Waals surface area contributed by atoms with Gasteiger partial charge in [-0.15, -0.1) is 6.58 Å². The van der Waals surface area contributed by atoms with Crippen molar-refractivity contribution in [2.45, 2.75) is 77.3 Å². The number of benzene rings is 2. The van der Waals surface area contributed by atoms with Gasteiger partial charge >= 0.3 is 5.97 Å². The highest BCUT2D eigenvalue weighted by molar-refractivity contribution is 5.92. The molecule has 5 N–H and O–H groups in total. The maximum absolute atomic E-state index is 13.7. The number of esters is 1. The van der Waals surface area contributed by atoms with Crippen molar-refractivity contribution < 1.29 is 29.3 Å². The van der Waals surface area contributed by atoms with Crippen LogP contribution in [-0.4, -0.2) is 58.8 Å². The number of ether oxygens (including phenoxy) is 1. The van der Waals surface area contributed by atoms with Crippen LogP contribution in [0.3, 0.4) is 0 Å². The van der Waals surface area contributed by atoms with Gasteiger partial charge < -0.3 is 30.9 Å². The Morgan fingerprint density at radius 2 is 1.61 bits per heavy atom. The third-order valence-electron chi connectivity index (χ3n) is 7.26. The monoisotopic (exact) mass is 567 g/mol. The molecule has 0 saturated heterocycles. The minimum Gasteiger partial charge on any atom is -0.508 e. The molecular formula is C32H45N3O6. The number of amides is 2. The molecule has 0 saturated carbocycles. The van der Waals surface area contributed by atoms with E-state index >= 15 is 0 Å². The minimum atomic E-state index is -1.69. The lowest BCUT2D eigenvalue weighted by Crippen LogP contribution is -2.60. The Kier molecular flexibility index (Phi) is 12.5. The van der Waals surface area contributed by atoms with Gasteiger partial charge in [-0.1, -0.05) is 75.7 Å². The van der Waals surface area contributed by atoms with E-state index in [9.17, 15) is 24.6 Å². The molecule has 9 heteroatoms. The standard InChI is InChI=1S/C32H45N3O6/c1-8-20(3)26(33-7)30(38)34-25(19-22-15-17-24(36)18-16-22)29(37)35-28(32(5,6)40)31(39)41-27(21(4)9-2)23-13-11-10-12-14-23/h9-18,20-21,25-28,33,36,40H,2,8,19H2,1,3-7H3,(H,34,38)(H,35,37)/t20-,21?,25?,26-,27?,28-/m0/s1. The van der Waals surface area contributed by atoms with Crippen molar-refractivity contribution >= 4 is 17.8 Å². The maximum Gasteiger partial charge on any atom is 0.332 e. The first kappa shape index (κ1) is 33.5. The van der Waals surface area contributed by atoms with Crippen LogP contribution in [0, 0.1) is 11.8 Å². The molecule has 0 fully saturated rings. The zero-order chi connectivity index (χ0) is 30.7. The molecule has 0 heterocycles. The molecule has 2 amide bonds. The zero-order valence-electron chi connectivity index (χ0n) is 24.9. The number of likely N-dealkylation sites (N-methyl/N-ethyl adjacent to an activating group) is 1. The number of hydrogen-bond donors (Lipinski definition) is 5. The normalized spacial score (nSPS) is 15.9. The summed E-state index contributed by atoms with van der Waals surface area (Å²) in [4.78, 5) is 40.4. The van der Waals surface area contributed by atoms with Crippen molar-refractivity contribution in [2.75, 3.05) is 7.05 Å². The lowest BCUT2D eigenvalue weighted by molar-refractivity contribution is -0.162. The summed E-state index contributed by atoms with van der Waals surface area (Å²) in [5, 5.41) is 29.1. The van der Waals surface area contributed by atoms with Crippen LogP contribution in [0.4, 0.5) is 0 Å². The Labute approximate surface area is 243 Å². The number of carbonyl (C=O) groups excluding carboxylic acids is 3. The summed E-state index contributed by atoms with van der Waals surface area (Å²) < 4.78 is 5.86. The predicted octanol–water partition coefficient (Wildman–Crippen LogP) is 3.42. The highest BCUT2D eigenvalue weighted by Gasteiger charge is 2.40. The summed E-state index contributed by atoms with van der Waals surface area (Å²) in [6, 6.07) is 12.4. The van der Waals surface area contributed by atoms with E-state index in [2.05, 4.69) is 22.5 Å². The Bertz CT molecular complexity index is 1150. The summed E-state index contributed by atoms with van der Waals surface area (Å²) in [5.41, 5.74) is -0.267. The summed E-state index contributed by atoms with van der Waals surface area (Å²) in [6.45, 7) is 12.4. The molecule has 0 aliphatic carbocycles. The van der Waals surface area contributed by atoms with E-state index in [0.717, 1.165) is 12.0 Å². The Morgan fingerprint density at radius 3 is 2.12 bits per heavy atom. The molecule has 0 aliphatic rings. The highest BCUT2D eigenvalue weighted by atomic mass is 16.5. The number of aromatic hydroxyl groups is 1. The summed E-state index contributed by atoms with van der Waals surface area (Å²) in [6.07, 6.45) is 1.80. The van der Waals surface area contributed by atoms with E-state index in [1.807, 2.05) is 51.1 Å². The van der Waals surface area contributed by atoms with E-state index in [1.165, 1.54) is 26.0 Å². The summed E-state index contributed by atoms with van der Waals surface area (Å²) in [7, 11) is 1.68. The fourth-order valence-electron chi connectivity index (χ4n) is 4.45. The molecule has 0 spiro atoms. The van der Waals surface area contributed by atoms with E-state index in [1.54, 1.807) is 25.3 Å². The first-order valence-electron chi connectivity index (χ1n) is 14.0. The Balaban J connectivity index is 2.36. The quantitative estimate of drug-likeness (QED) is 0.164. The van der Waals surface area contributed by atoms with Crippen LogP contribution in [0.1, 0.15) is 58.3 Å². The van der Waals surface area contributed by atoms with Crippen LogP contribution in [0.25, 0.3) is 0 Å². The van der Waals surface area contributed by atoms with Gasteiger partial charge in [0, 0.05) is 12.3 Å². The molecule has 2 rings (SSSR count). The van der Waals surface area contributed by atoms with Crippen molar-refractivity contribution in [2.24, 2.45) is 11.8 Å². The van der Waals surface area contributed by atoms with Crippen molar-refractivity contribution in [1.29, 1.82) is 0 Å². The van der Waals surface area contributed by atoms with Crippen molar-refractivity contribution in [1.82, 2.24) is 16.0 Å². The molecule has 0 radical (unpaired) electrons. The topological polar surface area (TPSA) is 137 Å². The van der Waals surface area contributed by atoms with Gasteiger partial charge in [0.2, 0.25) is 11.8 Å². The SMILES string of the molecule is C=CC(C)C(OC(=O)[C@H](NC(=O)C(Cc1ccc(O)cc1)NC(=O)[C@@H](NC)[C@@H](C)CC)C(C)(C)O)c1ccccc1. The molecule has 224 valence electrons. The first-order chi connectivity index (χ1) is 19.3. The molecule has 0 bridgehead atoms. The predicted molar refractivity (Wildman–Crippen MR) is 159 cm³/mol. The lowest BCUT2D eigenvalue weighted by atomic mass is 9.95. The molecule has 3 unspecified atom stereocenters. The van der Waals surface area contributed by atoms with E-state index in [0.29, 0.717) is 5.56 Å². The molecule has 2 aromatic carbocycles. The molecular weight excluding hydrogens is 522 g/mol. The van der Waals surface area contributed by atoms with Gasteiger partial charge in [-0.2, -0.15) is 0 Å². The zero-order valence-corrected chi connectivity index (χ0v) is 24.9. The van der Waals surface area contributed by atoms with Crippen molar-refractivity contribution in [3.63, 3.8) is 0 Å². The largest absolute Gasteiger partial charge is 0.508 e. The van der Waals surface area contributed by atoms with Gasteiger partial charge in [-0.05, 0) is 50.1 Å². The van der Waals surface area contributed by atoms with Gasteiger partial charge in [0.05, 0.1) is 11.6 Å². The smallest absolute Gasteiger partial charge is 0.332 e. The molecule has 2 aromatic rings. The number of aliphatic hydroxyl groups is 1. The molecule has 9 nitrogen and oxygen atoms in total. The van der Waals surface area contributed by atoms with Crippen LogP contribution < -0.4 is 16.0 Å². The van der Waals surface area contributed by atoms with Gasteiger partial charge in [-0.25, -0.2) is 4.79 Å². The Hall–Kier alpha value is -3.69. The third kappa shape index (κ3) is 9.72. The molecule has 0 aromatic heterocycles. The second-order valence-corrected chi connectivity index (χ2v) is 11.0. The van der Waals surface area contributed by atoms with Gasteiger partial charge in [0.1, 0.15) is 17.9 Å². The third-order valence-corrected chi connectivity index (χ3v) is 7.26. The number of phenols is 1. The van der Waals surface area contributed by atoms with Crippen LogP contribution in [-0.2, 0) is 25.5 Å². The number of nitrogens with one attached hydrogen (secondary N) is 3. The number of hydrogen-bond acceptors (Lipinski definition) is 7. The fraction of sp³-hybridized carbons (Fsp3) is 0.469. The number of carbonyl (C=O) groups is 3. The van der Waals surface area contributed by atoms with E-state index in [4.69, 9.17) is 4.74 Å². The van der Waals surface area contributed by atoms with Crippen LogP contribution in [0.2, 0.25) is 0 Å². The Morgan fingerprint density at radius 1 is 1.00 bits per heavy atom. The minimum absolute atomic E-state index is 0.00162. The van der Waals surface area contributed by atoms with Gasteiger partial charge in [0.25, 0.3) is 0 Å². The van der Waals surface area contributed by atoms with Crippen molar-refractivity contribution in [3.05, 3.63) is 78.4 Å². The first-order valence-corrected chi connectivity index (χ1v) is 14.0. The molecule has 0 aliphatic heterocycles. The van der Waals surface area contributed by atoms with E-state index in [-0.39, 0.29) is 29.9 Å². The molecule has 41 heavy (non-hydrogen) atoms. The van der Waals surface area contributed by atoms with Crippen molar-refractivity contribution in [3.8, 4) is 5.75 Å². The summed E-state index contributed by atoms with van der Waals surface area (Å²) in [5.74, 6) is -2.04. The summed E-state index contributed by atoms with van der Waals surface area (Å²) >= 11 is 0. The van der Waals surface area contributed by atoms with Gasteiger partial charge in [0.15, 0.2) is 6.04 Å². The number of rotatable bonds is 15. The second-order valence-electron chi connectivity index (χ2n) is 11.0. The van der Waals surface area contributed by atoms with Crippen LogP contribution in [0.5, 0.6) is 5.75 Å². The molecule has 6 atom stereocenters. The van der Waals surface area contributed by atoms with E-state index < -0.39 is 41.7 Å². The van der Waals surface area contributed by atoms with Crippen LogP contribution in [0.15, 0.2) is 67.3 Å². The maximum atomic E-state index is 13.7. The average molecular weight is 568 g/mol. The van der Waals surface area contributed by atoms with Crippen LogP contribution >= 0.6 is 0 Å². The van der Waals surface area contributed by atoms with Gasteiger partial charge in [-0.3, -0.25) is 9.59 Å².